The van der Waals surface area contributed by atoms with E-state index >= 15 is 0 Å². The summed E-state index contributed by atoms with van der Waals surface area (Å²) in [6.07, 6.45) is 1.45. The summed E-state index contributed by atoms with van der Waals surface area (Å²) in [6.45, 7) is 3.41. The monoisotopic (exact) mass is 335 g/mol. The van der Waals surface area contributed by atoms with Gasteiger partial charge in [0.1, 0.15) is 0 Å². The summed E-state index contributed by atoms with van der Waals surface area (Å²) in [5.41, 5.74) is -0.649. The van der Waals surface area contributed by atoms with Crippen molar-refractivity contribution in [2.24, 2.45) is 0 Å². The maximum atomic E-state index is 11.9. The molecule has 116 valence electrons. The van der Waals surface area contributed by atoms with Crippen molar-refractivity contribution >= 4 is 31.4 Å². The minimum absolute atomic E-state index is 0.0329. The lowest BCUT2D eigenvalue weighted by molar-refractivity contribution is -0.385. The summed E-state index contributed by atoms with van der Waals surface area (Å²) in [5, 5.41) is 11.0. The number of carbonyl (C=O) groups excluding carboxylic acids is 1. The number of benzene rings is 1. The predicted molar refractivity (Wildman–Crippen MR) is 76.1 cm³/mol. The van der Waals surface area contributed by atoms with Crippen molar-refractivity contribution in [3.63, 3.8) is 0 Å². The molecular weight excluding hydrogens is 322 g/mol. The molecule has 0 heterocycles. The molecule has 0 N–H and O–H groups in total. The van der Waals surface area contributed by atoms with Crippen LogP contribution in [0.1, 0.15) is 35.7 Å². The first-order valence-corrected chi connectivity index (χ1v) is 8.40. The highest BCUT2D eigenvalue weighted by Crippen LogP contribution is 2.28. The molecule has 0 aliphatic carbocycles. The predicted octanol–water partition coefficient (Wildman–Crippen LogP) is 2.79. The maximum Gasteiger partial charge on any atom is 0.338 e. The van der Waals surface area contributed by atoms with E-state index in [2.05, 4.69) is 0 Å². The molecule has 0 fully saturated rings. The first-order chi connectivity index (χ1) is 9.68. The third-order valence-corrected chi connectivity index (χ3v) is 4.12. The summed E-state index contributed by atoms with van der Waals surface area (Å²) < 4.78 is 27.6. The van der Waals surface area contributed by atoms with Crippen molar-refractivity contribution in [3.05, 3.63) is 33.4 Å². The van der Waals surface area contributed by atoms with Crippen molar-refractivity contribution in [1.29, 1.82) is 0 Å². The Bertz CT molecular complexity index is 671. The van der Waals surface area contributed by atoms with Gasteiger partial charge in [0, 0.05) is 22.3 Å². The van der Waals surface area contributed by atoms with Gasteiger partial charge in [-0.25, -0.2) is 13.2 Å². The van der Waals surface area contributed by atoms with E-state index in [9.17, 15) is 23.3 Å². The zero-order chi connectivity index (χ0) is 16.2. The highest BCUT2D eigenvalue weighted by atomic mass is 35.7. The number of halogens is 1. The number of esters is 1. The van der Waals surface area contributed by atoms with Crippen molar-refractivity contribution < 1.29 is 22.9 Å². The Morgan fingerprint density at radius 2 is 2.05 bits per heavy atom. The van der Waals surface area contributed by atoms with E-state index in [1.165, 1.54) is 6.92 Å². The molecule has 21 heavy (non-hydrogen) atoms. The molecule has 0 atom stereocenters. The normalized spacial score (nSPS) is 11.2. The zero-order valence-corrected chi connectivity index (χ0v) is 13.0. The second-order valence-electron chi connectivity index (χ2n) is 4.30. The van der Waals surface area contributed by atoms with Crippen LogP contribution in [0, 0.1) is 17.0 Å². The van der Waals surface area contributed by atoms with E-state index in [1.54, 1.807) is 0 Å². The van der Waals surface area contributed by atoms with Gasteiger partial charge in [0.15, 0.2) is 0 Å². The van der Waals surface area contributed by atoms with Gasteiger partial charge in [-0.15, -0.1) is 0 Å². The summed E-state index contributed by atoms with van der Waals surface area (Å²) in [7, 11) is 0.992. The Balaban J connectivity index is 3.33. The first kappa shape index (κ1) is 17.4. The zero-order valence-electron chi connectivity index (χ0n) is 11.5. The quantitative estimate of drug-likeness (QED) is 0.260. The molecule has 0 aliphatic heterocycles. The van der Waals surface area contributed by atoms with Gasteiger partial charge in [-0.2, -0.15) is 0 Å². The fraction of sp³-hybridized carbons (Fsp3) is 0.417. The van der Waals surface area contributed by atoms with Gasteiger partial charge in [-0.1, -0.05) is 13.3 Å². The van der Waals surface area contributed by atoms with Gasteiger partial charge in [0.05, 0.1) is 22.0 Å². The number of ether oxygens (including phenoxy) is 1. The molecule has 0 saturated carbocycles. The van der Waals surface area contributed by atoms with E-state index in [0.717, 1.165) is 18.6 Å². The fourth-order valence-corrected chi connectivity index (χ4v) is 2.38. The Kier molecular flexibility index (Phi) is 5.68. The number of nitrogens with zero attached hydrogens (tertiary/aromatic N) is 1. The average Bonchev–Trinajstić information content (AvgIpc) is 2.37. The number of carbonyl (C=O) groups is 1. The molecule has 1 rings (SSSR count). The van der Waals surface area contributed by atoms with Crippen LogP contribution >= 0.6 is 10.7 Å². The lowest BCUT2D eigenvalue weighted by atomic mass is 10.1. The van der Waals surface area contributed by atoms with Crippen molar-refractivity contribution in [2.45, 2.75) is 31.6 Å². The highest BCUT2D eigenvalue weighted by molar-refractivity contribution is 8.13. The standard InChI is InChI=1S/C12H14ClNO6S/c1-3-4-5-20-12(15)10-6-9(21(13,18)19)7-11(8(10)2)14(16)17/h6-7H,3-5H2,1-2H3. The van der Waals surface area contributed by atoms with E-state index in [4.69, 9.17) is 15.4 Å². The van der Waals surface area contributed by atoms with E-state index in [0.29, 0.717) is 6.42 Å². The van der Waals surface area contributed by atoms with Crippen LogP contribution < -0.4 is 0 Å². The van der Waals surface area contributed by atoms with Crippen LogP contribution in [0.4, 0.5) is 5.69 Å². The van der Waals surface area contributed by atoms with Gasteiger partial charge < -0.3 is 4.74 Å². The molecule has 7 nitrogen and oxygen atoms in total. The number of nitro groups is 1. The molecule has 0 unspecified atom stereocenters. The topological polar surface area (TPSA) is 104 Å². The van der Waals surface area contributed by atoms with Gasteiger partial charge in [-0.3, -0.25) is 10.1 Å². The van der Waals surface area contributed by atoms with Gasteiger partial charge >= 0.3 is 5.97 Å². The SMILES string of the molecule is CCCCOC(=O)c1cc(S(=O)(=O)Cl)cc([N+](=O)[O-])c1C. The first-order valence-electron chi connectivity index (χ1n) is 6.09. The van der Waals surface area contributed by atoms with Crippen LogP contribution in [0.3, 0.4) is 0 Å². The number of hydrogen-bond donors (Lipinski definition) is 0. The second-order valence-corrected chi connectivity index (χ2v) is 6.87. The molecule has 0 saturated heterocycles. The molecule has 0 spiro atoms. The molecule has 0 bridgehead atoms. The lowest BCUT2D eigenvalue weighted by Crippen LogP contribution is -2.11. The minimum Gasteiger partial charge on any atom is -0.462 e. The van der Waals surface area contributed by atoms with E-state index in [-0.39, 0.29) is 17.7 Å². The fourth-order valence-electron chi connectivity index (χ4n) is 1.60. The number of rotatable bonds is 6. The van der Waals surface area contributed by atoms with E-state index in [1.807, 2.05) is 6.92 Å². The summed E-state index contributed by atoms with van der Waals surface area (Å²) in [5.74, 6) is -0.814. The molecule has 0 aromatic heterocycles. The molecule has 9 heteroatoms. The van der Waals surface area contributed by atoms with Crippen LogP contribution in [0.25, 0.3) is 0 Å². The molecular formula is C12H14ClNO6S. The highest BCUT2D eigenvalue weighted by Gasteiger charge is 2.25. The average molecular weight is 336 g/mol. The number of unbranched alkanes of at least 4 members (excludes halogenated alkanes) is 1. The summed E-state index contributed by atoms with van der Waals surface area (Å²) >= 11 is 0. The van der Waals surface area contributed by atoms with Gasteiger partial charge in [-0.05, 0) is 19.4 Å². The van der Waals surface area contributed by atoms with Gasteiger partial charge in [0.25, 0.3) is 14.7 Å². The second kappa shape index (κ2) is 6.86. The Hall–Kier alpha value is -1.67. The summed E-state index contributed by atoms with van der Waals surface area (Å²) in [4.78, 5) is 21.6. The van der Waals surface area contributed by atoms with E-state index < -0.39 is 30.5 Å². The summed E-state index contributed by atoms with van der Waals surface area (Å²) in [6, 6.07) is 1.80. The van der Waals surface area contributed by atoms with Crippen LogP contribution in [0.5, 0.6) is 0 Å². The lowest BCUT2D eigenvalue weighted by Gasteiger charge is -2.08. The third kappa shape index (κ3) is 4.40. The van der Waals surface area contributed by atoms with Gasteiger partial charge in [0.2, 0.25) is 0 Å². The van der Waals surface area contributed by atoms with Crippen LogP contribution in [0.15, 0.2) is 17.0 Å². The van der Waals surface area contributed by atoms with Crippen LogP contribution in [-0.2, 0) is 13.8 Å². The maximum absolute atomic E-state index is 11.9. The molecule has 1 aromatic carbocycles. The largest absolute Gasteiger partial charge is 0.462 e. The number of nitro benzene ring substituents is 1. The Labute approximate surface area is 126 Å². The van der Waals surface area contributed by atoms with Crippen molar-refractivity contribution in [3.8, 4) is 0 Å². The Morgan fingerprint density at radius 1 is 1.43 bits per heavy atom. The molecule has 1 aromatic rings. The number of hydrogen-bond acceptors (Lipinski definition) is 6. The third-order valence-electron chi connectivity index (χ3n) is 2.78. The Morgan fingerprint density at radius 3 is 2.52 bits per heavy atom. The molecule has 0 amide bonds. The minimum atomic E-state index is -4.20. The van der Waals surface area contributed by atoms with Crippen LogP contribution in [-0.4, -0.2) is 25.9 Å². The molecule has 0 aliphatic rings. The van der Waals surface area contributed by atoms with Crippen LogP contribution in [0.2, 0.25) is 0 Å². The smallest absolute Gasteiger partial charge is 0.338 e. The molecule has 0 radical (unpaired) electrons. The van der Waals surface area contributed by atoms with Crippen molar-refractivity contribution in [2.75, 3.05) is 6.61 Å². The van der Waals surface area contributed by atoms with Crippen molar-refractivity contribution in [1.82, 2.24) is 0 Å².